The second-order valence-corrected chi connectivity index (χ2v) is 11.5. The molecule has 1 amide bonds. The lowest BCUT2D eigenvalue weighted by Crippen LogP contribution is -2.51. The molecule has 2 fully saturated rings. The molecule has 3 heterocycles. The lowest BCUT2D eigenvalue weighted by Gasteiger charge is -2.36. The van der Waals surface area contributed by atoms with Crippen LogP contribution in [0.4, 0.5) is 5.82 Å². The summed E-state index contributed by atoms with van der Waals surface area (Å²) in [5, 5.41) is 4.26. The van der Waals surface area contributed by atoms with Crippen LogP contribution in [-0.4, -0.2) is 96.6 Å². The van der Waals surface area contributed by atoms with Crippen molar-refractivity contribution in [3.63, 3.8) is 0 Å². The van der Waals surface area contributed by atoms with Gasteiger partial charge in [-0.3, -0.25) is 9.69 Å². The van der Waals surface area contributed by atoms with Crippen LogP contribution in [0, 0.1) is 6.92 Å². The van der Waals surface area contributed by atoms with Gasteiger partial charge in [-0.05, 0) is 56.6 Å². The molecule has 10 heteroatoms. The maximum Gasteiger partial charge on any atom is 0.260 e. The summed E-state index contributed by atoms with van der Waals surface area (Å²) in [5.41, 5.74) is 1.86. The molecule has 40 heavy (non-hydrogen) atoms. The predicted molar refractivity (Wildman–Crippen MR) is 161 cm³/mol. The number of hydrogen-bond acceptors (Lipinski definition) is 8. The molecule has 2 aromatic carbocycles. The van der Waals surface area contributed by atoms with Gasteiger partial charge in [-0.2, -0.15) is 0 Å². The predicted octanol–water partition coefficient (Wildman–Crippen LogP) is 4.33. The number of ether oxygens (including phenoxy) is 2. The number of carbonyl (C=O) groups excluding carboxylic acids is 1. The Labute approximate surface area is 245 Å². The molecule has 0 radical (unpaired) electrons. The highest BCUT2D eigenvalue weighted by atomic mass is 79.9. The van der Waals surface area contributed by atoms with E-state index in [-0.39, 0.29) is 12.5 Å². The molecule has 214 valence electrons. The number of fused-ring (bicyclic) bond motifs is 1. The van der Waals surface area contributed by atoms with Crippen LogP contribution in [0.5, 0.6) is 11.5 Å². The van der Waals surface area contributed by atoms with Crippen molar-refractivity contribution in [2.24, 2.45) is 0 Å². The van der Waals surface area contributed by atoms with Crippen molar-refractivity contribution in [2.75, 3.05) is 71.4 Å². The van der Waals surface area contributed by atoms with Crippen LogP contribution < -0.4 is 14.8 Å². The van der Waals surface area contributed by atoms with Gasteiger partial charge in [-0.25, -0.2) is 9.97 Å². The lowest BCUT2D eigenvalue weighted by molar-refractivity contribution is -0.135. The zero-order valence-corrected chi connectivity index (χ0v) is 25.1. The van der Waals surface area contributed by atoms with E-state index in [1.807, 2.05) is 36.1 Å². The highest BCUT2D eigenvalue weighted by Crippen LogP contribution is 2.34. The number of benzene rings is 2. The summed E-state index contributed by atoms with van der Waals surface area (Å²) in [5.74, 6) is 2.41. The molecular formula is C30H39BrN6O3. The minimum Gasteiger partial charge on any atom is -0.493 e. The van der Waals surface area contributed by atoms with Crippen molar-refractivity contribution in [3.8, 4) is 11.5 Å². The van der Waals surface area contributed by atoms with Gasteiger partial charge in [0.05, 0.1) is 12.6 Å². The number of rotatable bonds is 10. The normalized spacial score (nSPS) is 16.7. The fourth-order valence-corrected chi connectivity index (χ4v) is 5.86. The molecule has 5 rings (SSSR count). The van der Waals surface area contributed by atoms with Gasteiger partial charge in [-0.1, -0.05) is 34.5 Å². The van der Waals surface area contributed by atoms with Crippen molar-refractivity contribution < 1.29 is 14.3 Å². The fourth-order valence-electron chi connectivity index (χ4n) is 5.41. The molecular weight excluding hydrogens is 572 g/mol. The smallest absolute Gasteiger partial charge is 0.260 e. The number of halogens is 1. The van der Waals surface area contributed by atoms with Crippen molar-refractivity contribution in [2.45, 2.75) is 32.7 Å². The third kappa shape index (κ3) is 7.41. The first-order valence-electron chi connectivity index (χ1n) is 14.2. The molecule has 2 saturated heterocycles. The van der Waals surface area contributed by atoms with Crippen LogP contribution in [-0.2, 0) is 11.3 Å². The monoisotopic (exact) mass is 610 g/mol. The Bertz CT molecular complexity index is 1310. The Morgan fingerprint density at radius 1 is 0.950 bits per heavy atom. The number of likely N-dealkylation sites (tertiary alicyclic amines) is 1. The van der Waals surface area contributed by atoms with E-state index in [4.69, 9.17) is 9.47 Å². The van der Waals surface area contributed by atoms with Gasteiger partial charge < -0.3 is 24.6 Å². The van der Waals surface area contributed by atoms with E-state index < -0.39 is 0 Å². The van der Waals surface area contributed by atoms with E-state index in [1.54, 1.807) is 7.11 Å². The van der Waals surface area contributed by atoms with E-state index >= 15 is 0 Å². The molecule has 0 saturated carbocycles. The number of methoxy groups -OCH3 is 1. The van der Waals surface area contributed by atoms with Crippen LogP contribution in [0.2, 0.25) is 0 Å². The number of amides is 1. The first-order chi connectivity index (χ1) is 19.5. The highest BCUT2D eigenvalue weighted by Gasteiger charge is 2.23. The number of piperidine rings is 1. The highest BCUT2D eigenvalue weighted by molar-refractivity contribution is 9.10. The molecule has 2 aliphatic heterocycles. The zero-order chi connectivity index (χ0) is 27.9. The maximum atomic E-state index is 13.0. The van der Waals surface area contributed by atoms with Gasteiger partial charge in [0.2, 0.25) is 0 Å². The summed E-state index contributed by atoms with van der Waals surface area (Å²) in [7, 11) is 1.60. The first-order valence-corrected chi connectivity index (χ1v) is 15.0. The quantitative estimate of drug-likeness (QED) is 0.363. The third-order valence-electron chi connectivity index (χ3n) is 7.70. The molecule has 3 aromatic rings. The summed E-state index contributed by atoms with van der Waals surface area (Å²) in [6.45, 7) is 10.4. The average molecular weight is 612 g/mol. The Balaban J connectivity index is 1.18. The van der Waals surface area contributed by atoms with Crippen molar-refractivity contribution >= 4 is 38.6 Å². The number of anilines is 1. The van der Waals surface area contributed by atoms with Crippen molar-refractivity contribution in [3.05, 3.63) is 52.3 Å². The van der Waals surface area contributed by atoms with Gasteiger partial charge in [0, 0.05) is 61.7 Å². The van der Waals surface area contributed by atoms with E-state index in [9.17, 15) is 4.79 Å². The van der Waals surface area contributed by atoms with Gasteiger partial charge in [0.15, 0.2) is 18.1 Å². The number of nitrogens with one attached hydrogen (secondary N) is 1. The second-order valence-electron chi connectivity index (χ2n) is 10.5. The summed E-state index contributed by atoms with van der Waals surface area (Å²) >= 11 is 3.52. The number of aryl methyl sites for hydroxylation is 1. The maximum absolute atomic E-state index is 13.0. The number of aromatic nitrogens is 2. The topological polar surface area (TPSA) is 83.1 Å². The molecule has 1 N–H and O–H groups in total. The summed E-state index contributed by atoms with van der Waals surface area (Å²) < 4.78 is 12.7. The number of carbonyl (C=O) groups is 1. The van der Waals surface area contributed by atoms with Crippen LogP contribution in [0.3, 0.4) is 0 Å². The lowest BCUT2D eigenvalue weighted by atomic mass is 10.1. The molecule has 9 nitrogen and oxygen atoms in total. The van der Waals surface area contributed by atoms with Crippen LogP contribution >= 0.6 is 15.9 Å². The standard InChI is InChI=1S/C30H39BrN6O3/c1-22-33-26-19-28(27(39-2)18-25(26)30(34-22)32-20-23-7-6-8-24(31)17-23)40-21-29(38)37-15-13-36(14-16-37)12-11-35-9-4-3-5-10-35/h6-8,17-19H,3-5,9-16,20-21H2,1-2H3,(H,32,33,34). The molecule has 0 atom stereocenters. The van der Waals surface area contributed by atoms with Gasteiger partial charge in [-0.15, -0.1) is 0 Å². The molecule has 0 spiro atoms. The number of nitrogens with zero attached hydrogens (tertiary/aromatic N) is 5. The minimum absolute atomic E-state index is 0.00641. The zero-order valence-electron chi connectivity index (χ0n) is 23.5. The number of piperazine rings is 1. The largest absolute Gasteiger partial charge is 0.493 e. The molecule has 2 aliphatic rings. The SMILES string of the molecule is COc1cc2c(NCc3cccc(Br)c3)nc(C)nc2cc1OCC(=O)N1CCN(CCN2CCCCC2)CC1. The Kier molecular flexibility index (Phi) is 9.72. The summed E-state index contributed by atoms with van der Waals surface area (Å²) in [6, 6.07) is 11.9. The fraction of sp³-hybridized carbons (Fsp3) is 0.500. The first kappa shape index (κ1) is 28.6. The Morgan fingerprint density at radius 2 is 1.70 bits per heavy atom. The summed E-state index contributed by atoms with van der Waals surface area (Å²) in [6.07, 6.45) is 4.01. The molecule has 0 unspecified atom stereocenters. The summed E-state index contributed by atoms with van der Waals surface area (Å²) in [4.78, 5) is 29.2. The minimum atomic E-state index is -0.0340. The average Bonchev–Trinajstić information content (AvgIpc) is 2.98. The van der Waals surface area contributed by atoms with Gasteiger partial charge in [0.25, 0.3) is 5.91 Å². The van der Waals surface area contributed by atoms with E-state index in [2.05, 4.69) is 53.1 Å². The Morgan fingerprint density at radius 3 is 2.42 bits per heavy atom. The molecule has 0 bridgehead atoms. The van der Waals surface area contributed by atoms with E-state index in [1.165, 1.54) is 32.4 Å². The third-order valence-corrected chi connectivity index (χ3v) is 8.19. The van der Waals surface area contributed by atoms with Crippen LogP contribution in [0.25, 0.3) is 10.9 Å². The Hall–Kier alpha value is -2.95. The molecule has 0 aliphatic carbocycles. The van der Waals surface area contributed by atoms with Gasteiger partial charge >= 0.3 is 0 Å². The van der Waals surface area contributed by atoms with E-state index in [0.29, 0.717) is 23.9 Å². The van der Waals surface area contributed by atoms with Gasteiger partial charge in [0.1, 0.15) is 11.6 Å². The van der Waals surface area contributed by atoms with Crippen molar-refractivity contribution in [1.82, 2.24) is 24.7 Å². The molecule has 1 aromatic heterocycles. The number of hydrogen-bond donors (Lipinski definition) is 1. The van der Waals surface area contributed by atoms with Crippen LogP contribution in [0.15, 0.2) is 40.9 Å². The van der Waals surface area contributed by atoms with Crippen LogP contribution in [0.1, 0.15) is 30.7 Å². The van der Waals surface area contributed by atoms with Crippen molar-refractivity contribution in [1.29, 1.82) is 0 Å². The second kappa shape index (κ2) is 13.6. The van der Waals surface area contributed by atoms with E-state index in [0.717, 1.165) is 66.0 Å².